The molecule has 1 aliphatic heterocycles. The van der Waals surface area contributed by atoms with E-state index in [9.17, 15) is 30.3 Å². The number of aliphatic hydroxyl groups excluding tert-OH is 3. The fraction of sp³-hybridized carbons (Fsp3) is 0.417. The van der Waals surface area contributed by atoms with Crippen LogP contribution in [-0.2, 0) is 9.47 Å². The molecule has 116 valence electrons. The minimum atomic E-state index is -1.63. The number of aromatic hydroxyl groups is 3. The summed E-state index contributed by atoms with van der Waals surface area (Å²) in [6.07, 6.45) is -6.07. The topological polar surface area (TPSA) is 157 Å². The zero-order chi connectivity index (χ0) is 15.7. The van der Waals surface area contributed by atoms with Crippen LogP contribution in [-0.4, -0.2) is 67.8 Å². The van der Waals surface area contributed by atoms with Gasteiger partial charge in [0.2, 0.25) is 0 Å². The Balaban J connectivity index is 2.17. The van der Waals surface area contributed by atoms with Crippen molar-refractivity contribution in [2.45, 2.75) is 24.6 Å². The summed E-state index contributed by atoms with van der Waals surface area (Å²) in [5, 5.41) is 56.3. The summed E-state index contributed by atoms with van der Waals surface area (Å²) >= 11 is 0. The smallest absolute Gasteiger partial charge is 0.338 e. The van der Waals surface area contributed by atoms with Gasteiger partial charge < -0.3 is 40.1 Å². The van der Waals surface area contributed by atoms with E-state index in [1.165, 1.54) is 0 Å². The van der Waals surface area contributed by atoms with E-state index in [1.807, 2.05) is 0 Å². The molecule has 1 aromatic rings. The Morgan fingerprint density at radius 3 is 2.29 bits per heavy atom. The molecule has 21 heavy (non-hydrogen) atoms. The highest BCUT2D eigenvalue weighted by atomic mass is 16.7. The fourth-order valence-electron chi connectivity index (χ4n) is 1.82. The van der Waals surface area contributed by atoms with E-state index in [-0.39, 0.29) is 12.2 Å². The van der Waals surface area contributed by atoms with Gasteiger partial charge in [0.1, 0.15) is 12.2 Å². The van der Waals surface area contributed by atoms with Crippen molar-refractivity contribution in [2.75, 3.05) is 6.61 Å². The van der Waals surface area contributed by atoms with E-state index in [1.54, 1.807) is 0 Å². The summed E-state index contributed by atoms with van der Waals surface area (Å²) in [6, 6.07) is 1.66. The van der Waals surface area contributed by atoms with Gasteiger partial charge in [-0.2, -0.15) is 0 Å². The Bertz CT molecular complexity index is 521. The second-order valence-electron chi connectivity index (χ2n) is 4.51. The highest BCUT2D eigenvalue weighted by Gasteiger charge is 2.41. The van der Waals surface area contributed by atoms with Crippen molar-refractivity contribution in [1.29, 1.82) is 0 Å². The van der Waals surface area contributed by atoms with Gasteiger partial charge >= 0.3 is 5.97 Å². The van der Waals surface area contributed by atoms with Crippen molar-refractivity contribution in [3.8, 4) is 17.2 Å². The van der Waals surface area contributed by atoms with Gasteiger partial charge in [0.05, 0.1) is 12.2 Å². The Kier molecular flexibility index (Phi) is 4.19. The highest BCUT2D eigenvalue weighted by molar-refractivity contribution is 5.91. The first-order valence-electron chi connectivity index (χ1n) is 5.93. The fourth-order valence-corrected chi connectivity index (χ4v) is 1.82. The molecular formula is C12H14O9. The number of hydrogen-bond acceptors (Lipinski definition) is 9. The molecule has 0 amide bonds. The van der Waals surface area contributed by atoms with E-state index in [0.29, 0.717) is 0 Å². The first kappa shape index (κ1) is 15.3. The molecule has 9 heteroatoms. The van der Waals surface area contributed by atoms with Crippen molar-refractivity contribution in [3.63, 3.8) is 0 Å². The lowest BCUT2D eigenvalue weighted by molar-refractivity contribution is -0.251. The molecule has 0 bridgehead atoms. The Labute approximate surface area is 118 Å². The SMILES string of the molecule is O=C(O[C@@H]1C(O)OC[C@@H](O)[C@H]1O)c1cc(O)c(O)c(O)c1. The maximum atomic E-state index is 11.8. The summed E-state index contributed by atoms with van der Waals surface area (Å²) in [5.74, 6) is -3.41. The summed E-state index contributed by atoms with van der Waals surface area (Å²) in [5.41, 5.74) is -0.331. The molecule has 6 N–H and O–H groups in total. The van der Waals surface area contributed by atoms with E-state index in [2.05, 4.69) is 0 Å². The van der Waals surface area contributed by atoms with E-state index >= 15 is 0 Å². The molecule has 1 fully saturated rings. The molecule has 0 saturated carbocycles. The molecule has 1 aromatic carbocycles. The lowest BCUT2D eigenvalue weighted by atomic mass is 10.1. The van der Waals surface area contributed by atoms with Gasteiger partial charge in [-0.05, 0) is 12.1 Å². The van der Waals surface area contributed by atoms with E-state index in [4.69, 9.17) is 14.6 Å². The lowest BCUT2D eigenvalue weighted by Gasteiger charge is -2.34. The average molecular weight is 302 g/mol. The van der Waals surface area contributed by atoms with Crippen LogP contribution in [0.4, 0.5) is 0 Å². The van der Waals surface area contributed by atoms with Crippen LogP contribution in [0.1, 0.15) is 10.4 Å². The number of carbonyl (C=O) groups excluding carboxylic acids is 1. The van der Waals surface area contributed by atoms with Gasteiger partial charge in [-0.15, -0.1) is 0 Å². The normalized spacial score (nSPS) is 29.1. The molecule has 1 heterocycles. The number of rotatable bonds is 2. The van der Waals surface area contributed by atoms with Crippen LogP contribution >= 0.6 is 0 Å². The first-order valence-corrected chi connectivity index (χ1v) is 5.93. The van der Waals surface area contributed by atoms with Gasteiger partial charge in [-0.25, -0.2) is 4.79 Å². The van der Waals surface area contributed by atoms with Crippen LogP contribution in [0, 0.1) is 0 Å². The number of esters is 1. The molecule has 4 atom stereocenters. The zero-order valence-corrected chi connectivity index (χ0v) is 10.6. The van der Waals surface area contributed by atoms with Gasteiger partial charge in [0.25, 0.3) is 0 Å². The van der Waals surface area contributed by atoms with Gasteiger partial charge in [-0.1, -0.05) is 0 Å². The molecule has 9 nitrogen and oxygen atoms in total. The lowest BCUT2D eigenvalue weighted by Crippen LogP contribution is -2.54. The second-order valence-corrected chi connectivity index (χ2v) is 4.51. The summed E-state index contributed by atoms with van der Waals surface area (Å²) in [6.45, 7) is -0.322. The molecule has 0 aliphatic carbocycles. The Morgan fingerprint density at radius 1 is 1.14 bits per heavy atom. The van der Waals surface area contributed by atoms with Crippen molar-refractivity contribution in [1.82, 2.24) is 0 Å². The number of aliphatic hydroxyl groups is 3. The number of phenols is 3. The summed E-state index contributed by atoms with van der Waals surface area (Å²) in [7, 11) is 0. The van der Waals surface area contributed by atoms with Gasteiger partial charge in [0.15, 0.2) is 29.6 Å². The molecule has 1 aliphatic rings. The molecule has 0 radical (unpaired) electrons. The molecule has 1 saturated heterocycles. The molecule has 0 aromatic heterocycles. The maximum absolute atomic E-state index is 11.8. The van der Waals surface area contributed by atoms with Crippen LogP contribution < -0.4 is 0 Å². The largest absolute Gasteiger partial charge is 0.504 e. The van der Waals surface area contributed by atoms with Gasteiger partial charge in [0, 0.05) is 0 Å². The number of phenolic OH excluding ortho intramolecular Hbond substituents is 3. The predicted molar refractivity (Wildman–Crippen MR) is 64.6 cm³/mol. The van der Waals surface area contributed by atoms with Crippen LogP contribution in [0.3, 0.4) is 0 Å². The Morgan fingerprint density at radius 2 is 1.71 bits per heavy atom. The van der Waals surface area contributed by atoms with Crippen LogP contribution in [0.2, 0.25) is 0 Å². The number of hydrogen-bond donors (Lipinski definition) is 6. The first-order chi connectivity index (χ1) is 9.81. The molecular weight excluding hydrogens is 288 g/mol. The van der Waals surface area contributed by atoms with E-state index < -0.39 is 47.8 Å². The van der Waals surface area contributed by atoms with Gasteiger partial charge in [-0.3, -0.25) is 0 Å². The van der Waals surface area contributed by atoms with Crippen molar-refractivity contribution < 1.29 is 44.9 Å². The van der Waals surface area contributed by atoms with Crippen LogP contribution in [0.25, 0.3) is 0 Å². The number of ether oxygens (including phenoxy) is 2. The third-order valence-electron chi connectivity index (χ3n) is 3.00. The quantitative estimate of drug-likeness (QED) is 0.279. The third-order valence-corrected chi connectivity index (χ3v) is 3.00. The van der Waals surface area contributed by atoms with Crippen molar-refractivity contribution in [3.05, 3.63) is 17.7 Å². The molecule has 2 rings (SSSR count). The summed E-state index contributed by atoms with van der Waals surface area (Å²) in [4.78, 5) is 11.8. The monoisotopic (exact) mass is 302 g/mol. The third kappa shape index (κ3) is 3.00. The number of benzene rings is 1. The Hall–Kier alpha value is -2.07. The minimum Gasteiger partial charge on any atom is -0.504 e. The standard InChI is InChI=1S/C12H14O9/c13-5-1-4(2-6(14)8(5)16)11(18)21-10-9(17)7(15)3-20-12(10)19/h1-2,7,9-10,12-17,19H,3H2/t7-,9-,10+,12?/m1/s1. The second kappa shape index (κ2) is 5.74. The van der Waals surface area contributed by atoms with Crippen LogP contribution in [0.5, 0.6) is 17.2 Å². The molecule has 1 unspecified atom stereocenters. The van der Waals surface area contributed by atoms with Crippen molar-refractivity contribution >= 4 is 5.97 Å². The highest BCUT2D eigenvalue weighted by Crippen LogP contribution is 2.35. The molecule has 0 spiro atoms. The number of carbonyl (C=O) groups is 1. The zero-order valence-electron chi connectivity index (χ0n) is 10.6. The maximum Gasteiger partial charge on any atom is 0.338 e. The summed E-state index contributed by atoms with van der Waals surface area (Å²) < 4.78 is 9.50. The minimum absolute atomic E-state index is 0.322. The van der Waals surface area contributed by atoms with Crippen molar-refractivity contribution in [2.24, 2.45) is 0 Å². The van der Waals surface area contributed by atoms with E-state index in [0.717, 1.165) is 12.1 Å². The van der Waals surface area contributed by atoms with Crippen LogP contribution in [0.15, 0.2) is 12.1 Å². The average Bonchev–Trinajstić information content (AvgIpc) is 2.44. The predicted octanol–water partition coefficient (Wildman–Crippen LogP) is -1.60.